The lowest BCUT2D eigenvalue weighted by molar-refractivity contribution is -0.384. The molecule has 0 fully saturated rings. The molecule has 0 spiro atoms. The number of nitrogens with zero attached hydrogens (tertiary/aromatic N) is 1. The topological polar surface area (TPSA) is 52.4 Å². The van der Waals surface area contributed by atoms with Gasteiger partial charge in [-0.2, -0.15) is 4.39 Å². The summed E-state index contributed by atoms with van der Waals surface area (Å²) in [6, 6.07) is 2.81. The zero-order valence-corrected chi connectivity index (χ0v) is 8.33. The van der Waals surface area contributed by atoms with Crippen LogP contribution in [0.3, 0.4) is 0 Å². The Morgan fingerprint density at radius 3 is 2.44 bits per heavy atom. The normalized spacial score (nSPS) is 12.6. The molecule has 1 unspecified atom stereocenters. The highest BCUT2D eigenvalue weighted by Crippen LogP contribution is 2.30. The van der Waals surface area contributed by atoms with Gasteiger partial charge in [-0.1, -0.05) is 11.6 Å². The van der Waals surface area contributed by atoms with Gasteiger partial charge in [0.15, 0.2) is 0 Å². The molecular weight excluding hydrogens is 251 g/mol. The van der Waals surface area contributed by atoms with Crippen molar-refractivity contribution in [3.8, 4) is 5.75 Å². The monoisotopic (exact) mass is 255 g/mol. The van der Waals surface area contributed by atoms with Gasteiger partial charge < -0.3 is 4.74 Å². The van der Waals surface area contributed by atoms with Gasteiger partial charge in [-0.15, -0.1) is 0 Å². The molecule has 0 aliphatic heterocycles. The zero-order chi connectivity index (χ0) is 12.3. The molecule has 0 amide bonds. The largest absolute Gasteiger partial charge is 0.453 e. The summed E-state index contributed by atoms with van der Waals surface area (Å²) in [5.41, 5.74) is -0.343. The van der Waals surface area contributed by atoms with E-state index in [1.807, 2.05) is 0 Å². The number of hydrogen-bond acceptors (Lipinski definition) is 3. The molecule has 88 valence electrons. The molecular formula is C8H5ClF3NO3. The molecule has 0 aliphatic rings. The second kappa shape index (κ2) is 5.02. The smallest absolute Gasteiger partial charge is 0.304 e. The molecule has 4 nitrogen and oxygen atoms in total. The van der Waals surface area contributed by atoms with Crippen LogP contribution in [0.5, 0.6) is 5.75 Å². The van der Waals surface area contributed by atoms with Gasteiger partial charge in [0.05, 0.1) is 9.95 Å². The van der Waals surface area contributed by atoms with Gasteiger partial charge in [0.2, 0.25) is 0 Å². The van der Waals surface area contributed by atoms with Gasteiger partial charge in [-0.05, 0) is 6.07 Å². The Morgan fingerprint density at radius 2 is 2.00 bits per heavy atom. The van der Waals surface area contributed by atoms with E-state index in [-0.39, 0.29) is 16.5 Å². The highest BCUT2D eigenvalue weighted by Gasteiger charge is 2.22. The van der Waals surface area contributed by atoms with E-state index >= 15 is 0 Å². The number of non-ortho nitro benzene ring substituents is 1. The van der Waals surface area contributed by atoms with E-state index < -0.39 is 17.7 Å². The van der Waals surface area contributed by atoms with E-state index in [9.17, 15) is 23.3 Å². The molecule has 0 heterocycles. The van der Waals surface area contributed by atoms with Crippen molar-refractivity contribution in [1.82, 2.24) is 0 Å². The summed E-state index contributed by atoms with van der Waals surface area (Å²) in [5.74, 6) is -0.375. The number of alkyl halides is 3. The van der Waals surface area contributed by atoms with Crippen molar-refractivity contribution in [3.63, 3.8) is 0 Å². The van der Waals surface area contributed by atoms with Crippen LogP contribution in [0.2, 0.25) is 5.02 Å². The number of halogens is 4. The molecule has 8 heteroatoms. The Hall–Kier alpha value is -1.50. The fourth-order valence-electron chi connectivity index (χ4n) is 0.872. The van der Waals surface area contributed by atoms with Gasteiger partial charge >= 0.3 is 6.43 Å². The summed E-state index contributed by atoms with van der Waals surface area (Å²) in [5, 5.41) is 10.00. The second-order valence-corrected chi connectivity index (χ2v) is 3.08. The molecule has 0 saturated heterocycles. The van der Waals surface area contributed by atoms with Crippen LogP contribution in [-0.2, 0) is 0 Å². The first kappa shape index (κ1) is 12.6. The SMILES string of the molecule is O=[N+]([O-])c1ccc(OC(F)C(F)F)c(Cl)c1. The Kier molecular flexibility index (Phi) is 3.94. The lowest BCUT2D eigenvalue weighted by Crippen LogP contribution is -2.19. The Labute approximate surface area is 92.7 Å². The molecule has 0 bridgehead atoms. The van der Waals surface area contributed by atoms with Crippen molar-refractivity contribution in [2.75, 3.05) is 0 Å². The van der Waals surface area contributed by atoms with Crippen LogP contribution in [0, 0.1) is 10.1 Å². The number of rotatable bonds is 4. The van der Waals surface area contributed by atoms with Crippen LogP contribution < -0.4 is 4.74 Å². The van der Waals surface area contributed by atoms with Crippen LogP contribution >= 0.6 is 11.6 Å². The van der Waals surface area contributed by atoms with Crippen molar-refractivity contribution in [2.24, 2.45) is 0 Å². The molecule has 16 heavy (non-hydrogen) atoms. The van der Waals surface area contributed by atoms with Gasteiger partial charge in [-0.25, -0.2) is 8.78 Å². The average Bonchev–Trinajstić information content (AvgIpc) is 2.20. The van der Waals surface area contributed by atoms with Crippen molar-refractivity contribution in [3.05, 3.63) is 33.3 Å². The third-order valence-electron chi connectivity index (χ3n) is 1.56. The summed E-state index contributed by atoms with van der Waals surface area (Å²) in [6.07, 6.45) is -6.13. The van der Waals surface area contributed by atoms with Crippen molar-refractivity contribution in [1.29, 1.82) is 0 Å². The zero-order valence-electron chi connectivity index (χ0n) is 7.57. The van der Waals surface area contributed by atoms with Gasteiger partial charge in [-0.3, -0.25) is 10.1 Å². The van der Waals surface area contributed by atoms with E-state index in [1.54, 1.807) is 0 Å². The van der Waals surface area contributed by atoms with Gasteiger partial charge in [0, 0.05) is 12.1 Å². The number of nitro benzene ring substituents is 1. The van der Waals surface area contributed by atoms with Gasteiger partial charge in [0.1, 0.15) is 5.75 Å². The summed E-state index contributed by atoms with van der Waals surface area (Å²) in [4.78, 5) is 9.58. The highest BCUT2D eigenvalue weighted by atomic mass is 35.5. The molecule has 1 atom stereocenters. The van der Waals surface area contributed by atoms with Gasteiger partial charge in [0.25, 0.3) is 12.0 Å². The predicted molar refractivity (Wildman–Crippen MR) is 49.6 cm³/mol. The summed E-state index contributed by atoms with van der Waals surface area (Å²) >= 11 is 5.48. The molecule has 0 aliphatic carbocycles. The number of hydrogen-bond donors (Lipinski definition) is 0. The minimum Gasteiger partial charge on any atom is -0.453 e. The summed E-state index contributed by atoms with van der Waals surface area (Å²) in [7, 11) is 0. The van der Waals surface area contributed by atoms with Crippen LogP contribution in [0.4, 0.5) is 18.9 Å². The minimum absolute atomic E-state index is 0.308. The first-order valence-corrected chi connectivity index (χ1v) is 4.32. The lowest BCUT2D eigenvalue weighted by atomic mass is 10.3. The van der Waals surface area contributed by atoms with Crippen LogP contribution in [0.1, 0.15) is 0 Å². The number of ether oxygens (including phenoxy) is 1. The van der Waals surface area contributed by atoms with Crippen LogP contribution in [0.25, 0.3) is 0 Å². The predicted octanol–water partition coefficient (Wildman–Crippen LogP) is 3.19. The molecule has 0 N–H and O–H groups in total. The maximum atomic E-state index is 12.5. The maximum absolute atomic E-state index is 12.5. The molecule has 0 aromatic heterocycles. The molecule has 1 rings (SSSR count). The summed E-state index contributed by atoms with van der Waals surface area (Å²) in [6.45, 7) is 0. The molecule has 1 aromatic rings. The van der Waals surface area contributed by atoms with E-state index in [1.165, 1.54) is 0 Å². The minimum atomic E-state index is -3.31. The first-order valence-electron chi connectivity index (χ1n) is 3.94. The van der Waals surface area contributed by atoms with E-state index in [2.05, 4.69) is 4.74 Å². The average molecular weight is 256 g/mol. The molecule has 0 radical (unpaired) electrons. The highest BCUT2D eigenvalue weighted by molar-refractivity contribution is 6.32. The fraction of sp³-hybridized carbons (Fsp3) is 0.250. The van der Waals surface area contributed by atoms with Crippen molar-refractivity contribution >= 4 is 17.3 Å². The quantitative estimate of drug-likeness (QED) is 0.613. The lowest BCUT2D eigenvalue weighted by Gasteiger charge is -2.11. The van der Waals surface area contributed by atoms with E-state index in [0.717, 1.165) is 18.2 Å². The molecule has 1 aromatic carbocycles. The number of benzene rings is 1. The molecule has 0 saturated carbocycles. The Balaban J connectivity index is 2.87. The maximum Gasteiger partial charge on any atom is 0.304 e. The van der Waals surface area contributed by atoms with Crippen LogP contribution in [-0.4, -0.2) is 17.7 Å². The Bertz CT molecular complexity index is 402. The number of nitro groups is 1. The summed E-state index contributed by atoms with van der Waals surface area (Å²) < 4.78 is 40.3. The van der Waals surface area contributed by atoms with E-state index in [4.69, 9.17) is 11.6 Å². The third-order valence-corrected chi connectivity index (χ3v) is 1.86. The van der Waals surface area contributed by atoms with E-state index in [0.29, 0.717) is 0 Å². The van der Waals surface area contributed by atoms with Crippen molar-refractivity contribution in [2.45, 2.75) is 12.8 Å². The third kappa shape index (κ3) is 2.99. The van der Waals surface area contributed by atoms with Crippen LogP contribution in [0.15, 0.2) is 18.2 Å². The fourth-order valence-corrected chi connectivity index (χ4v) is 1.09. The Morgan fingerprint density at radius 1 is 1.38 bits per heavy atom. The van der Waals surface area contributed by atoms with Crippen molar-refractivity contribution < 1.29 is 22.8 Å². The second-order valence-electron chi connectivity index (χ2n) is 2.68. The first-order chi connectivity index (χ1) is 7.41. The standard InChI is InChI=1S/C8H5ClF3NO3/c9-5-3-4(13(14)15)1-2-6(5)16-8(12)7(10)11/h1-3,7-8H.